The molecule has 1 aliphatic heterocycles. The summed E-state index contributed by atoms with van der Waals surface area (Å²) in [6.07, 6.45) is 0.584. The molecule has 1 unspecified atom stereocenters. The molecule has 1 atom stereocenters. The van der Waals surface area contributed by atoms with Gasteiger partial charge in [0.1, 0.15) is 11.4 Å². The lowest BCUT2D eigenvalue weighted by atomic mass is 10.2. The van der Waals surface area contributed by atoms with Crippen LogP contribution in [0.1, 0.15) is 27.2 Å². The quantitative estimate of drug-likeness (QED) is 0.918. The summed E-state index contributed by atoms with van der Waals surface area (Å²) >= 11 is 6.19. The molecule has 1 aliphatic rings. The molecule has 1 fully saturated rings. The number of carbonyl (C=O) groups is 1. The van der Waals surface area contributed by atoms with Crippen LogP contribution in [0.25, 0.3) is 0 Å². The second-order valence-electron chi connectivity index (χ2n) is 6.40. The maximum Gasteiger partial charge on any atom is 0.410 e. The molecular formula is C16H23ClN2O3. The molecule has 0 radical (unpaired) electrons. The van der Waals surface area contributed by atoms with Crippen molar-refractivity contribution < 1.29 is 14.3 Å². The topological polar surface area (TPSA) is 50.8 Å². The van der Waals surface area contributed by atoms with E-state index >= 15 is 0 Å². The fraction of sp³-hybridized carbons (Fsp3) is 0.562. The number of carbonyl (C=O) groups excluding carboxylic acids is 1. The van der Waals surface area contributed by atoms with Crippen LogP contribution in [0.3, 0.4) is 0 Å². The molecule has 122 valence electrons. The first-order chi connectivity index (χ1) is 10.3. The summed E-state index contributed by atoms with van der Waals surface area (Å²) < 4.78 is 10.6. The number of amides is 1. The molecule has 1 N–H and O–H groups in total. The summed E-state index contributed by atoms with van der Waals surface area (Å²) in [5.41, 5.74) is 0.343. The number of ether oxygens (including phenoxy) is 2. The van der Waals surface area contributed by atoms with Gasteiger partial charge in [0.15, 0.2) is 0 Å². The number of nitrogens with one attached hydrogen (secondary N) is 1. The number of hydrogen-bond donors (Lipinski definition) is 1. The fourth-order valence-corrected chi connectivity index (χ4v) is 2.50. The summed E-state index contributed by atoms with van der Waals surface area (Å²) in [7, 11) is 1.62. The Balaban J connectivity index is 1.95. The van der Waals surface area contributed by atoms with Gasteiger partial charge >= 0.3 is 6.09 Å². The molecule has 0 bridgehead atoms. The van der Waals surface area contributed by atoms with Gasteiger partial charge in [-0.25, -0.2) is 4.79 Å². The van der Waals surface area contributed by atoms with E-state index in [0.717, 1.165) is 17.9 Å². The largest absolute Gasteiger partial charge is 0.497 e. The van der Waals surface area contributed by atoms with Crippen LogP contribution in [0, 0.1) is 0 Å². The van der Waals surface area contributed by atoms with Gasteiger partial charge in [0.25, 0.3) is 0 Å². The standard InChI is InChI=1S/C16H23ClN2O3/c1-16(2,3)22-15(20)19-8-7-11(10-19)18-14-9-12(21-4)5-6-13(14)17/h5-6,9,11,18H,7-8,10H2,1-4H3. The van der Waals surface area contributed by atoms with E-state index in [0.29, 0.717) is 18.1 Å². The zero-order valence-corrected chi connectivity index (χ0v) is 14.2. The lowest BCUT2D eigenvalue weighted by molar-refractivity contribution is 0.0293. The predicted octanol–water partition coefficient (Wildman–Crippen LogP) is 3.77. The molecule has 2 rings (SSSR count). The average molecular weight is 327 g/mol. The molecule has 0 saturated carbocycles. The van der Waals surface area contributed by atoms with Crippen LogP contribution in [0.4, 0.5) is 10.5 Å². The maximum absolute atomic E-state index is 12.1. The first-order valence-electron chi connectivity index (χ1n) is 7.36. The van der Waals surface area contributed by atoms with Crippen LogP contribution >= 0.6 is 11.6 Å². The number of rotatable bonds is 3. The van der Waals surface area contributed by atoms with Crippen molar-refractivity contribution in [1.29, 1.82) is 0 Å². The highest BCUT2D eigenvalue weighted by atomic mass is 35.5. The third-order valence-corrected chi connectivity index (χ3v) is 3.70. The number of anilines is 1. The Labute approximate surface area is 136 Å². The van der Waals surface area contributed by atoms with E-state index in [9.17, 15) is 4.79 Å². The molecule has 1 aromatic carbocycles. The minimum absolute atomic E-state index is 0.150. The molecule has 1 aromatic rings. The normalized spacial score (nSPS) is 18.2. The summed E-state index contributed by atoms with van der Waals surface area (Å²) in [6, 6.07) is 5.62. The van der Waals surface area contributed by atoms with E-state index in [-0.39, 0.29) is 12.1 Å². The van der Waals surface area contributed by atoms with Crippen molar-refractivity contribution in [3.63, 3.8) is 0 Å². The Morgan fingerprint density at radius 1 is 1.41 bits per heavy atom. The lowest BCUT2D eigenvalue weighted by Gasteiger charge is -2.24. The van der Waals surface area contributed by atoms with Crippen molar-refractivity contribution in [2.75, 3.05) is 25.5 Å². The van der Waals surface area contributed by atoms with Gasteiger partial charge in [-0.15, -0.1) is 0 Å². The summed E-state index contributed by atoms with van der Waals surface area (Å²) in [6.45, 7) is 6.88. The fourth-order valence-electron chi connectivity index (χ4n) is 2.33. The first kappa shape index (κ1) is 16.7. The third kappa shape index (κ3) is 4.44. The van der Waals surface area contributed by atoms with Gasteiger partial charge < -0.3 is 19.7 Å². The molecule has 22 heavy (non-hydrogen) atoms. The average Bonchev–Trinajstić information content (AvgIpc) is 2.88. The van der Waals surface area contributed by atoms with Crippen LogP contribution < -0.4 is 10.1 Å². The summed E-state index contributed by atoms with van der Waals surface area (Å²) in [4.78, 5) is 13.8. The van der Waals surface area contributed by atoms with Gasteiger partial charge in [0.2, 0.25) is 0 Å². The highest BCUT2D eigenvalue weighted by molar-refractivity contribution is 6.33. The Morgan fingerprint density at radius 2 is 2.14 bits per heavy atom. The highest BCUT2D eigenvalue weighted by Gasteiger charge is 2.29. The summed E-state index contributed by atoms with van der Waals surface area (Å²) in [5, 5.41) is 4.01. The second kappa shape index (κ2) is 6.65. The lowest BCUT2D eigenvalue weighted by Crippen LogP contribution is -2.36. The van der Waals surface area contributed by atoms with Gasteiger partial charge in [0, 0.05) is 25.2 Å². The van der Waals surface area contributed by atoms with Gasteiger partial charge in [-0.3, -0.25) is 0 Å². The molecule has 0 spiro atoms. The highest BCUT2D eigenvalue weighted by Crippen LogP contribution is 2.28. The minimum atomic E-state index is -0.474. The monoisotopic (exact) mass is 326 g/mol. The van der Waals surface area contributed by atoms with E-state index in [1.54, 1.807) is 18.1 Å². The first-order valence-corrected chi connectivity index (χ1v) is 7.74. The van der Waals surface area contributed by atoms with Crippen molar-refractivity contribution in [3.8, 4) is 5.75 Å². The zero-order valence-electron chi connectivity index (χ0n) is 13.5. The van der Waals surface area contributed by atoms with E-state index in [1.807, 2.05) is 32.9 Å². The SMILES string of the molecule is COc1ccc(Cl)c(NC2CCN(C(=O)OC(C)(C)C)C2)c1. The van der Waals surface area contributed by atoms with Crippen LogP contribution in [-0.4, -0.2) is 42.8 Å². The van der Waals surface area contributed by atoms with Gasteiger partial charge in [-0.2, -0.15) is 0 Å². The smallest absolute Gasteiger partial charge is 0.410 e. The van der Waals surface area contributed by atoms with Crippen molar-refractivity contribution >= 4 is 23.4 Å². The molecule has 5 nitrogen and oxygen atoms in total. The van der Waals surface area contributed by atoms with E-state index in [1.165, 1.54) is 0 Å². The molecule has 1 amide bonds. The summed E-state index contributed by atoms with van der Waals surface area (Å²) in [5.74, 6) is 0.744. The van der Waals surface area contributed by atoms with Crippen molar-refractivity contribution in [2.24, 2.45) is 0 Å². The van der Waals surface area contributed by atoms with E-state index in [4.69, 9.17) is 21.1 Å². The Bertz CT molecular complexity index is 543. The van der Waals surface area contributed by atoms with E-state index in [2.05, 4.69) is 5.32 Å². The Hall–Kier alpha value is -1.62. The van der Waals surface area contributed by atoms with Gasteiger partial charge in [-0.1, -0.05) is 11.6 Å². The number of likely N-dealkylation sites (tertiary alicyclic amines) is 1. The molecule has 0 aromatic heterocycles. The second-order valence-corrected chi connectivity index (χ2v) is 6.81. The van der Waals surface area contributed by atoms with Crippen LogP contribution in [-0.2, 0) is 4.74 Å². The zero-order chi connectivity index (χ0) is 16.3. The Morgan fingerprint density at radius 3 is 2.77 bits per heavy atom. The van der Waals surface area contributed by atoms with E-state index < -0.39 is 5.60 Å². The Kier molecular flexibility index (Phi) is 5.06. The predicted molar refractivity (Wildman–Crippen MR) is 87.8 cm³/mol. The number of nitrogens with zero attached hydrogens (tertiary/aromatic N) is 1. The number of hydrogen-bond acceptors (Lipinski definition) is 4. The van der Waals surface area contributed by atoms with Crippen molar-refractivity contribution in [2.45, 2.75) is 38.8 Å². The minimum Gasteiger partial charge on any atom is -0.497 e. The number of methoxy groups -OCH3 is 1. The van der Waals surface area contributed by atoms with Crippen LogP contribution in [0.2, 0.25) is 5.02 Å². The van der Waals surface area contributed by atoms with Crippen molar-refractivity contribution in [1.82, 2.24) is 4.90 Å². The van der Waals surface area contributed by atoms with Crippen molar-refractivity contribution in [3.05, 3.63) is 23.2 Å². The number of benzene rings is 1. The van der Waals surface area contributed by atoms with Gasteiger partial charge in [0.05, 0.1) is 17.8 Å². The maximum atomic E-state index is 12.1. The molecule has 6 heteroatoms. The van der Waals surface area contributed by atoms with Crippen LogP contribution in [0.15, 0.2) is 18.2 Å². The van der Waals surface area contributed by atoms with Crippen LogP contribution in [0.5, 0.6) is 5.75 Å². The number of halogens is 1. The molecule has 1 heterocycles. The molecule has 1 saturated heterocycles. The molecule has 0 aliphatic carbocycles. The third-order valence-electron chi connectivity index (χ3n) is 3.37. The molecular weight excluding hydrogens is 304 g/mol. The van der Waals surface area contributed by atoms with Gasteiger partial charge in [-0.05, 0) is 39.3 Å².